The number of rotatable bonds is 7. The number of carbonyl (C=O) groups is 1. The van der Waals surface area contributed by atoms with Gasteiger partial charge in [-0.3, -0.25) is 4.79 Å². The Morgan fingerprint density at radius 2 is 1.91 bits per heavy atom. The first-order valence-electron chi connectivity index (χ1n) is 7.68. The third kappa shape index (κ3) is 3.89. The lowest BCUT2D eigenvalue weighted by molar-refractivity contribution is 0.111. The molecule has 0 aliphatic heterocycles. The van der Waals surface area contributed by atoms with Crippen LogP contribution < -0.4 is 9.64 Å². The molecule has 0 unspecified atom stereocenters. The summed E-state index contributed by atoms with van der Waals surface area (Å²) in [6.07, 6.45) is 0.789. The molecule has 0 N–H and O–H groups in total. The van der Waals surface area contributed by atoms with Crippen LogP contribution in [0.15, 0.2) is 42.5 Å². The Kier molecular flexibility index (Phi) is 5.76. The number of hydrogen-bond acceptors (Lipinski definition) is 4. The highest BCUT2D eigenvalue weighted by Crippen LogP contribution is 2.26. The second-order valence-corrected chi connectivity index (χ2v) is 5.07. The molecule has 0 spiro atoms. The van der Waals surface area contributed by atoms with E-state index >= 15 is 0 Å². The molecule has 4 nitrogen and oxygen atoms in total. The van der Waals surface area contributed by atoms with E-state index in [-0.39, 0.29) is 6.61 Å². The van der Waals surface area contributed by atoms with Crippen molar-refractivity contribution in [1.29, 1.82) is 5.26 Å². The minimum atomic E-state index is 0.256. The molecule has 0 bridgehead atoms. The molecule has 0 saturated heterocycles. The second-order valence-electron chi connectivity index (χ2n) is 5.07. The molecule has 0 aromatic heterocycles. The summed E-state index contributed by atoms with van der Waals surface area (Å²) >= 11 is 0. The quantitative estimate of drug-likeness (QED) is 0.730. The Hall–Kier alpha value is -2.80. The van der Waals surface area contributed by atoms with Crippen LogP contribution in [0.2, 0.25) is 0 Å². The summed E-state index contributed by atoms with van der Waals surface area (Å²) in [5.74, 6) is 0.539. The Bertz CT molecular complexity index is 716. The lowest BCUT2D eigenvalue weighted by Gasteiger charge is -2.22. The van der Waals surface area contributed by atoms with Gasteiger partial charge in [-0.2, -0.15) is 5.26 Å². The van der Waals surface area contributed by atoms with Crippen LogP contribution in [0.25, 0.3) is 0 Å². The maximum Gasteiger partial charge on any atom is 0.153 e. The number of anilines is 1. The van der Waals surface area contributed by atoms with Crippen molar-refractivity contribution < 1.29 is 9.53 Å². The average molecular weight is 308 g/mol. The molecule has 4 heteroatoms. The number of nitrogens with zero attached hydrogens (tertiary/aromatic N) is 2. The monoisotopic (exact) mass is 308 g/mol. The van der Waals surface area contributed by atoms with Crippen LogP contribution in [0.4, 0.5) is 5.69 Å². The van der Waals surface area contributed by atoms with Crippen LogP contribution in [0.5, 0.6) is 5.75 Å². The first-order valence-corrected chi connectivity index (χ1v) is 7.68. The SMILES string of the molecule is CCN(CC)c1ccc(C=O)c(OCc2ccccc2C#N)c1. The van der Waals surface area contributed by atoms with Gasteiger partial charge in [-0.15, -0.1) is 0 Å². The molecular formula is C19H20N2O2. The smallest absolute Gasteiger partial charge is 0.153 e. The molecule has 23 heavy (non-hydrogen) atoms. The second kappa shape index (κ2) is 8.00. The van der Waals surface area contributed by atoms with E-state index in [1.54, 1.807) is 12.1 Å². The van der Waals surface area contributed by atoms with Gasteiger partial charge in [0.05, 0.1) is 17.2 Å². The molecule has 2 aromatic carbocycles. The van der Waals surface area contributed by atoms with Crippen molar-refractivity contribution in [3.8, 4) is 11.8 Å². The number of benzene rings is 2. The van der Waals surface area contributed by atoms with E-state index in [2.05, 4.69) is 24.8 Å². The van der Waals surface area contributed by atoms with Gasteiger partial charge in [0, 0.05) is 30.4 Å². The third-order valence-corrected chi connectivity index (χ3v) is 3.77. The molecule has 0 atom stereocenters. The maximum atomic E-state index is 11.2. The Morgan fingerprint density at radius 1 is 1.17 bits per heavy atom. The first-order chi connectivity index (χ1) is 11.2. The zero-order valence-corrected chi connectivity index (χ0v) is 13.5. The zero-order chi connectivity index (χ0) is 16.7. The van der Waals surface area contributed by atoms with Gasteiger partial charge in [0.2, 0.25) is 0 Å². The molecule has 0 radical (unpaired) electrons. The van der Waals surface area contributed by atoms with Gasteiger partial charge in [0.1, 0.15) is 12.4 Å². The highest BCUT2D eigenvalue weighted by molar-refractivity contribution is 5.80. The summed E-state index contributed by atoms with van der Waals surface area (Å²) in [7, 11) is 0. The first kappa shape index (κ1) is 16.6. The standard InChI is InChI=1S/C19H20N2O2/c1-3-21(4-2)18-10-9-16(13-22)19(11-18)23-14-17-8-6-5-7-15(17)12-20/h5-11,13H,3-4,14H2,1-2H3. The van der Waals surface area contributed by atoms with E-state index < -0.39 is 0 Å². The summed E-state index contributed by atoms with van der Waals surface area (Å²) in [6, 6.07) is 15.0. The predicted molar refractivity (Wildman–Crippen MR) is 90.9 cm³/mol. The van der Waals surface area contributed by atoms with Crippen LogP contribution in [-0.2, 0) is 6.61 Å². The number of carbonyl (C=O) groups excluding carboxylic acids is 1. The van der Waals surface area contributed by atoms with Crippen LogP contribution in [0.1, 0.15) is 35.3 Å². The van der Waals surface area contributed by atoms with Crippen molar-refractivity contribution in [2.45, 2.75) is 20.5 Å². The van der Waals surface area contributed by atoms with Crippen LogP contribution in [-0.4, -0.2) is 19.4 Å². The molecule has 0 amide bonds. The normalized spacial score (nSPS) is 9.96. The zero-order valence-electron chi connectivity index (χ0n) is 13.5. The van der Waals surface area contributed by atoms with Crippen molar-refractivity contribution in [2.24, 2.45) is 0 Å². The lowest BCUT2D eigenvalue weighted by atomic mass is 10.1. The van der Waals surface area contributed by atoms with Gasteiger partial charge in [-0.05, 0) is 32.0 Å². The molecule has 0 saturated carbocycles. The summed E-state index contributed by atoms with van der Waals surface area (Å²) in [5.41, 5.74) is 2.92. The summed E-state index contributed by atoms with van der Waals surface area (Å²) < 4.78 is 5.83. The number of nitriles is 1. The third-order valence-electron chi connectivity index (χ3n) is 3.77. The van der Waals surface area contributed by atoms with Gasteiger partial charge >= 0.3 is 0 Å². The van der Waals surface area contributed by atoms with Crippen LogP contribution in [0.3, 0.4) is 0 Å². The fourth-order valence-corrected chi connectivity index (χ4v) is 2.44. The molecule has 0 heterocycles. The molecule has 0 fully saturated rings. The van der Waals surface area contributed by atoms with Gasteiger partial charge in [-0.25, -0.2) is 0 Å². The fourth-order valence-electron chi connectivity index (χ4n) is 2.44. The molecule has 118 valence electrons. The van der Waals surface area contributed by atoms with Gasteiger partial charge in [-0.1, -0.05) is 18.2 Å². The molecule has 0 aliphatic rings. The Balaban J connectivity index is 2.26. The van der Waals surface area contributed by atoms with Gasteiger partial charge in [0.15, 0.2) is 6.29 Å². The van der Waals surface area contributed by atoms with Crippen LogP contribution in [0, 0.1) is 11.3 Å². The summed E-state index contributed by atoms with van der Waals surface area (Å²) in [4.78, 5) is 13.4. The van der Waals surface area contributed by atoms with E-state index in [1.807, 2.05) is 30.3 Å². The summed E-state index contributed by atoms with van der Waals surface area (Å²) in [6.45, 7) is 6.19. The topological polar surface area (TPSA) is 53.3 Å². The van der Waals surface area contributed by atoms with Gasteiger partial charge < -0.3 is 9.64 Å². The predicted octanol–water partition coefficient (Wildman–Crippen LogP) is 3.80. The minimum absolute atomic E-state index is 0.256. The Morgan fingerprint density at radius 3 is 2.57 bits per heavy atom. The largest absolute Gasteiger partial charge is 0.488 e. The van der Waals surface area contributed by atoms with Crippen molar-refractivity contribution in [3.63, 3.8) is 0 Å². The minimum Gasteiger partial charge on any atom is -0.488 e. The number of hydrogen-bond donors (Lipinski definition) is 0. The number of aldehydes is 1. The van der Waals surface area contributed by atoms with Gasteiger partial charge in [0.25, 0.3) is 0 Å². The molecular weight excluding hydrogens is 288 g/mol. The lowest BCUT2D eigenvalue weighted by Crippen LogP contribution is -2.21. The van der Waals surface area contributed by atoms with Crippen molar-refractivity contribution in [3.05, 3.63) is 59.2 Å². The van der Waals surface area contributed by atoms with E-state index in [4.69, 9.17) is 10.00 Å². The maximum absolute atomic E-state index is 11.2. The van der Waals surface area contributed by atoms with E-state index in [0.717, 1.165) is 30.6 Å². The van der Waals surface area contributed by atoms with E-state index in [0.29, 0.717) is 16.9 Å². The van der Waals surface area contributed by atoms with Crippen LogP contribution >= 0.6 is 0 Å². The molecule has 2 aromatic rings. The number of ether oxygens (including phenoxy) is 1. The van der Waals surface area contributed by atoms with E-state index in [1.165, 1.54) is 0 Å². The molecule has 2 rings (SSSR count). The fraction of sp³-hybridized carbons (Fsp3) is 0.263. The van der Waals surface area contributed by atoms with Crippen molar-refractivity contribution in [1.82, 2.24) is 0 Å². The average Bonchev–Trinajstić information content (AvgIpc) is 2.61. The molecule has 0 aliphatic carbocycles. The Labute approximate surface area is 136 Å². The highest BCUT2D eigenvalue weighted by Gasteiger charge is 2.09. The van der Waals surface area contributed by atoms with Crippen molar-refractivity contribution >= 4 is 12.0 Å². The highest BCUT2D eigenvalue weighted by atomic mass is 16.5. The van der Waals surface area contributed by atoms with E-state index in [9.17, 15) is 4.79 Å². The van der Waals surface area contributed by atoms with Crippen molar-refractivity contribution in [2.75, 3.05) is 18.0 Å². The summed E-state index contributed by atoms with van der Waals surface area (Å²) in [5, 5.41) is 9.13.